The van der Waals surface area contributed by atoms with Crippen molar-refractivity contribution in [1.82, 2.24) is 24.8 Å². The Labute approximate surface area is 149 Å². The molecule has 0 aliphatic rings. The standard InChI is InChI=1S/C13H21N6O6P/c1-8(25-26(21,22)24-3)9(5-23-2)18-10(20)4-19-7-17-11-12(14)15-6-16-13(11)19/h6-9H,4-5H2,1-3H3,(H,18,20)(H,21,22)(H2,14,15,16). The number of carbonyl (C=O) groups is 1. The molecule has 2 aromatic rings. The summed E-state index contributed by atoms with van der Waals surface area (Å²) in [6, 6.07) is -0.683. The van der Waals surface area contributed by atoms with Crippen molar-refractivity contribution in [3.63, 3.8) is 0 Å². The largest absolute Gasteiger partial charge is 0.472 e. The van der Waals surface area contributed by atoms with Crippen molar-refractivity contribution in [2.45, 2.75) is 25.6 Å². The molecule has 1 amide bonds. The van der Waals surface area contributed by atoms with Gasteiger partial charge in [0.15, 0.2) is 11.5 Å². The van der Waals surface area contributed by atoms with Crippen LogP contribution in [-0.2, 0) is 29.7 Å². The van der Waals surface area contributed by atoms with Gasteiger partial charge in [0.25, 0.3) is 0 Å². The molecule has 12 nitrogen and oxygen atoms in total. The third kappa shape index (κ3) is 4.96. The highest BCUT2D eigenvalue weighted by Crippen LogP contribution is 2.43. The maximum absolute atomic E-state index is 12.4. The number of nitrogens with one attached hydrogen (secondary N) is 1. The van der Waals surface area contributed by atoms with E-state index in [1.54, 1.807) is 0 Å². The number of phosphoric ester groups is 1. The van der Waals surface area contributed by atoms with E-state index in [0.717, 1.165) is 7.11 Å². The maximum Gasteiger partial charge on any atom is 0.472 e. The lowest BCUT2D eigenvalue weighted by Crippen LogP contribution is -2.47. The van der Waals surface area contributed by atoms with Gasteiger partial charge in [-0.3, -0.25) is 13.8 Å². The van der Waals surface area contributed by atoms with Crippen LogP contribution >= 0.6 is 7.82 Å². The minimum atomic E-state index is -4.20. The minimum Gasteiger partial charge on any atom is -0.382 e. The lowest BCUT2D eigenvalue weighted by molar-refractivity contribution is -0.123. The van der Waals surface area contributed by atoms with Crippen molar-refractivity contribution in [2.75, 3.05) is 26.6 Å². The monoisotopic (exact) mass is 388 g/mol. The first-order valence-electron chi connectivity index (χ1n) is 7.54. The second kappa shape index (κ2) is 8.52. The molecular formula is C13H21N6O6P. The molecule has 2 rings (SSSR count). The van der Waals surface area contributed by atoms with Crippen molar-refractivity contribution < 1.29 is 28.0 Å². The highest BCUT2D eigenvalue weighted by Gasteiger charge is 2.29. The van der Waals surface area contributed by atoms with Crippen LogP contribution in [0.1, 0.15) is 6.92 Å². The van der Waals surface area contributed by atoms with Gasteiger partial charge in [-0.05, 0) is 6.92 Å². The van der Waals surface area contributed by atoms with Crippen molar-refractivity contribution in [3.05, 3.63) is 12.7 Å². The molecule has 3 atom stereocenters. The molecule has 4 N–H and O–H groups in total. The Morgan fingerprint density at radius 3 is 2.81 bits per heavy atom. The van der Waals surface area contributed by atoms with E-state index in [0.29, 0.717) is 11.2 Å². The van der Waals surface area contributed by atoms with Crippen LogP contribution in [-0.4, -0.2) is 63.3 Å². The highest BCUT2D eigenvalue weighted by molar-refractivity contribution is 7.47. The van der Waals surface area contributed by atoms with E-state index in [1.165, 1.54) is 31.3 Å². The number of phosphoric acid groups is 1. The van der Waals surface area contributed by atoms with Crippen LogP contribution in [0, 0.1) is 0 Å². The zero-order chi connectivity index (χ0) is 19.3. The Morgan fingerprint density at radius 2 is 2.15 bits per heavy atom. The van der Waals surface area contributed by atoms with Crippen LogP contribution in [0.25, 0.3) is 11.2 Å². The molecule has 0 saturated carbocycles. The van der Waals surface area contributed by atoms with Gasteiger partial charge in [-0.25, -0.2) is 19.5 Å². The molecule has 0 fully saturated rings. The average molecular weight is 388 g/mol. The van der Waals surface area contributed by atoms with E-state index in [-0.39, 0.29) is 19.0 Å². The Morgan fingerprint density at radius 1 is 1.42 bits per heavy atom. The fraction of sp³-hybridized carbons (Fsp3) is 0.538. The Bertz CT molecular complexity index is 814. The third-order valence-electron chi connectivity index (χ3n) is 3.53. The summed E-state index contributed by atoms with van der Waals surface area (Å²) in [7, 11) is -1.71. The van der Waals surface area contributed by atoms with Crippen molar-refractivity contribution >= 4 is 30.7 Å². The Hall–Kier alpha value is -2.11. The minimum absolute atomic E-state index is 0.0659. The number of amides is 1. The van der Waals surface area contributed by atoms with Gasteiger partial charge in [-0.2, -0.15) is 0 Å². The number of nitrogens with two attached hydrogens (primary N) is 1. The second-order valence-electron chi connectivity index (χ2n) is 5.39. The molecule has 2 heterocycles. The summed E-state index contributed by atoms with van der Waals surface area (Å²) in [5.41, 5.74) is 6.52. The molecular weight excluding hydrogens is 367 g/mol. The summed E-state index contributed by atoms with van der Waals surface area (Å²) in [6.07, 6.45) is 1.86. The van der Waals surface area contributed by atoms with Gasteiger partial charge in [0.1, 0.15) is 18.4 Å². The number of methoxy groups -OCH3 is 1. The summed E-state index contributed by atoms with van der Waals surface area (Å²) in [5, 5.41) is 2.68. The molecule has 0 aromatic carbocycles. The summed E-state index contributed by atoms with van der Waals surface area (Å²) in [6.45, 7) is 1.49. The average Bonchev–Trinajstić information content (AvgIpc) is 2.98. The molecule has 0 aliphatic heterocycles. The molecule has 0 aliphatic carbocycles. The molecule has 0 bridgehead atoms. The molecule has 0 spiro atoms. The quantitative estimate of drug-likeness (QED) is 0.485. The third-order valence-corrected chi connectivity index (χ3v) is 4.59. The summed E-state index contributed by atoms with van der Waals surface area (Å²) >= 11 is 0. The van der Waals surface area contributed by atoms with Crippen LogP contribution in [0.2, 0.25) is 0 Å². The summed E-state index contributed by atoms with van der Waals surface area (Å²) < 4.78 is 27.4. The van der Waals surface area contributed by atoms with Gasteiger partial charge in [0.2, 0.25) is 5.91 Å². The van der Waals surface area contributed by atoms with Crippen LogP contribution in [0.3, 0.4) is 0 Å². The predicted octanol–water partition coefficient (Wildman–Crippen LogP) is -0.308. The molecule has 2 aromatic heterocycles. The molecule has 3 unspecified atom stereocenters. The number of anilines is 1. The molecule has 26 heavy (non-hydrogen) atoms. The predicted molar refractivity (Wildman–Crippen MR) is 90.9 cm³/mol. The first-order chi connectivity index (χ1) is 12.3. The Balaban J connectivity index is 2.07. The molecule has 0 radical (unpaired) electrons. The number of rotatable bonds is 9. The van der Waals surface area contributed by atoms with Gasteiger partial charge in [-0.15, -0.1) is 0 Å². The number of carbonyl (C=O) groups excluding carboxylic acids is 1. The number of imidazole rings is 1. The first-order valence-corrected chi connectivity index (χ1v) is 9.03. The van der Waals surface area contributed by atoms with Crippen LogP contribution < -0.4 is 11.1 Å². The number of fused-ring (bicyclic) bond motifs is 1. The lowest BCUT2D eigenvalue weighted by atomic mass is 10.2. The zero-order valence-corrected chi connectivity index (χ0v) is 15.4. The van der Waals surface area contributed by atoms with Crippen LogP contribution in [0.5, 0.6) is 0 Å². The van der Waals surface area contributed by atoms with E-state index in [4.69, 9.17) is 15.0 Å². The van der Waals surface area contributed by atoms with Gasteiger partial charge in [-0.1, -0.05) is 0 Å². The van der Waals surface area contributed by atoms with Crippen LogP contribution in [0.15, 0.2) is 12.7 Å². The zero-order valence-electron chi connectivity index (χ0n) is 14.5. The SMILES string of the molecule is COCC(NC(=O)Cn1cnc2c(N)ncnc21)C(C)OP(=O)(O)OC. The fourth-order valence-corrected chi connectivity index (χ4v) is 2.88. The smallest absolute Gasteiger partial charge is 0.382 e. The number of hydrogen-bond acceptors (Lipinski definition) is 9. The Kier molecular flexibility index (Phi) is 6.62. The number of aromatic nitrogens is 4. The number of hydrogen-bond donors (Lipinski definition) is 3. The van der Waals surface area contributed by atoms with E-state index in [1.807, 2.05) is 0 Å². The molecule has 144 valence electrons. The second-order valence-corrected chi connectivity index (χ2v) is 6.91. The summed E-state index contributed by atoms with van der Waals surface area (Å²) in [4.78, 5) is 33.7. The lowest BCUT2D eigenvalue weighted by Gasteiger charge is -2.25. The number of nitrogen functional groups attached to an aromatic ring is 1. The normalized spacial score (nSPS) is 16.2. The van der Waals surface area contributed by atoms with Crippen molar-refractivity contribution in [3.8, 4) is 0 Å². The van der Waals surface area contributed by atoms with Crippen LogP contribution in [0.4, 0.5) is 5.82 Å². The fourth-order valence-electron chi connectivity index (χ4n) is 2.22. The van der Waals surface area contributed by atoms with Crippen molar-refractivity contribution in [2.24, 2.45) is 0 Å². The van der Waals surface area contributed by atoms with Gasteiger partial charge in [0, 0.05) is 14.2 Å². The highest BCUT2D eigenvalue weighted by atomic mass is 31.2. The molecule has 0 saturated heterocycles. The topological polar surface area (TPSA) is 164 Å². The molecule has 13 heteroatoms. The maximum atomic E-state index is 12.4. The van der Waals surface area contributed by atoms with Gasteiger partial charge in [0.05, 0.1) is 25.1 Å². The van der Waals surface area contributed by atoms with Gasteiger partial charge < -0.3 is 25.2 Å². The summed E-state index contributed by atoms with van der Waals surface area (Å²) in [5.74, 6) is -0.184. The van der Waals surface area contributed by atoms with E-state index in [9.17, 15) is 14.3 Å². The van der Waals surface area contributed by atoms with E-state index < -0.39 is 25.9 Å². The number of nitrogens with zero attached hydrogens (tertiary/aromatic N) is 4. The van der Waals surface area contributed by atoms with Crippen molar-refractivity contribution in [1.29, 1.82) is 0 Å². The van der Waals surface area contributed by atoms with E-state index in [2.05, 4.69) is 24.8 Å². The number of ether oxygens (including phenoxy) is 1. The first kappa shape index (κ1) is 20.2. The van der Waals surface area contributed by atoms with Gasteiger partial charge >= 0.3 is 7.82 Å². The van der Waals surface area contributed by atoms with E-state index >= 15 is 0 Å².